The lowest BCUT2D eigenvalue weighted by molar-refractivity contribution is -2.00. The third kappa shape index (κ3) is 293. The maximum absolute atomic E-state index is 8.49. The van der Waals surface area contributed by atoms with Crippen molar-refractivity contribution in [2.75, 3.05) is 0 Å². The van der Waals surface area contributed by atoms with Crippen LogP contribution >= 0.6 is 0 Å². The second-order valence-corrected chi connectivity index (χ2v) is 1.13. The Hall–Kier alpha value is 0.420. The van der Waals surface area contributed by atoms with Crippen molar-refractivity contribution in [3.05, 3.63) is 0 Å². The van der Waals surface area contributed by atoms with Gasteiger partial charge in [0, 0.05) is 0 Å². The number of rotatable bonds is 0. The zero-order valence-electron chi connectivity index (χ0n) is 2.46. The van der Waals surface area contributed by atoms with Crippen molar-refractivity contribution in [3.8, 4) is 0 Å². The Kier molecular flexibility index (Phi) is 4.13. The third-order valence-electron chi connectivity index (χ3n) is 0. The first-order valence-electron chi connectivity index (χ1n) is 0.617. The summed E-state index contributed by atoms with van der Waals surface area (Å²) in [4.78, 5) is 0. The first kappa shape index (κ1) is 9.65. The van der Waals surface area contributed by atoms with Crippen LogP contribution in [-0.2, 0) is 0 Å². The molecule has 0 amide bonds. The second kappa shape index (κ2) is 2.57. The highest BCUT2D eigenvalue weighted by atomic mass is 35.7. The average molecular weight is 137 g/mol. The van der Waals surface area contributed by atoms with Crippen LogP contribution in [0.5, 0.6) is 0 Å². The van der Waals surface area contributed by atoms with E-state index in [4.69, 9.17) is 18.6 Å². The average Bonchev–Trinajstić information content (AvgIpc) is 0.722. The van der Waals surface area contributed by atoms with Crippen LogP contribution in [0.4, 0.5) is 0 Å². The fourth-order valence-electron chi connectivity index (χ4n) is 0. The van der Waals surface area contributed by atoms with Gasteiger partial charge < -0.3 is 0 Å². The van der Waals surface area contributed by atoms with E-state index in [1.54, 1.807) is 0 Å². The van der Waals surface area contributed by atoms with Crippen molar-refractivity contribution in [3.63, 3.8) is 0 Å². The quantitative estimate of drug-likeness (QED) is 0.333. The molecule has 0 fully saturated rings. The molecule has 6 heteroatoms. The second-order valence-electron chi connectivity index (χ2n) is 0.378. The molecule has 40 valence electrons. The van der Waals surface area contributed by atoms with Crippen LogP contribution in [0.2, 0.25) is 0 Å². The lowest BCUT2D eigenvalue weighted by Gasteiger charge is -2.17. The molecule has 0 aromatic rings. The van der Waals surface area contributed by atoms with Crippen LogP contribution in [0.1, 0.15) is 0 Å². The molecule has 4 nitrogen and oxygen atoms in total. The molecular formula is H2Cl2O4. The van der Waals surface area contributed by atoms with Crippen molar-refractivity contribution in [1.82, 2.24) is 0 Å². The predicted octanol–water partition coefficient (Wildman–Crippen LogP) is -5.29. The number of hydrogen-bond acceptors (Lipinski definition) is 4. The Bertz CT molecular complexity index is 21.0. The summed E-state index contributed by atoms with van der Waals surface area (Å²) in [6.07, 6.45) is 0. The van der Waals surface area contributed by atoms with Gasteiger partial charge in [-0.05, 0) is 0 Å². The molecule has 0 aliphatic heterocycles. The highest BCUT2D eigenvalue weighted by Gasteiger charge is 1.84. The van der Waals surface area contributed by atoms with Crippen molar-refractivity contribution in [2.45, 2.75) is 0 Å². The summed E-state index contributed by atoms with van der Waals surface area (Å²) in [6.45, 7) is 0. The molecule has 0 aliphatic rings. The van der Waals surface area contributed by atoms with Crippen molar-refractivity contribution in [2.24, 2.45) is 0 Å². The molecule has 0 spiro atoms. The molecule has 0 aliphatic carbocycles. The van der Waals surface area contributed by atoms with Crippen LogP contribution in [0.3, 0.4) is 0 Å². The Balaban J connectivity index is 0. The molecule has 0 N–H and O–H groups in total. The van der Waals surface area contributed by atoms with Crippen LogP contribution < -0.4 is 18.6 Å². The summed E-state index contributed by atoms with van der Waals surface area (Å²) in [5.41, 5.74) is 0. The first-order valence-corrected chi connectivity index (χ1v) is 1.85. The van der Waals surface area contributed by atoms with E-state index < -0.39 is 10.2 Å². The van der Waals surface area contributed by atoms with E-state index in [1.165, 1.54) is 0 Å². The lowest BCUT2D eigenvalue weighted by atomic mass is 15.8. The zero-order chi connectivity index (χ0) is 4.50. The van der Waals surface area contributed by atoms with E-state index in [0.717, 1.165) is 0 Å². The standard InChI is InChI=1S/ClHO4.ClH2/c2-1(3,4)5;/h(H,2,3,4,5);1H2/q;+1/p-1. The number of halogens is 2. The molecular weight excluding hydrogens is 135 g/mol. The minimum absolute atomic E-state index is 0. The van der Waals surface area contributed by atoms with Gasteiger partial charge >= 0.3 is 0 Å². The van der Waals surface area contributed by atoms with E-state index in [-0.39, 0.29) is 12.4 Å². The van der Waals surface area contributed by atoms with Crippen molar-refractivity contribution < 1.29 is 41.3 Å². The molecule has 0 rings (SSSR count). The van der Waals surface area contributed by atoms with Gasteiger partial charge in [-0.3, -0.25) is 0 Å². The van der Waals surface area contributed by atoms with E-state index in [9.17, 15) is 0 Å². The molecule has 0 heterocycles. The van der Waals surface area contributed by atoms with E-state index in [0.29, 0.717) is 0 Å². The Morgan fingerprint density at radius 1 is 0.833 bits per heavy atom. The van der Waals surface area contributed by atoms with Crippen LogP contribution in [-0.4, -0.2) is 0 Å². The maximum Gasteiger partial charge on any atom is 0.0903 e. The zero-order valence-corrected chi connectivity index (χ0v) is 4.11. The first-order chi connectivity index (χ1) is 2.00. The molecule has 0 radical (unpaired) electrons. The fraction of sp³-hybridized carbons (Fsp3) is 0. The molecule has 0 aromatic heterocycles. The topological polar surface area (TPSA) is 92.2 Å². The summed E-state index contributed by atoms with van der Waals surface area (Å²) in [5.74, 6) is 0. The van der Waals surface area contributed by atoms with Gasteiger partial charge in [0.05, 0.1) is 12.4 Å². The van der Waals surface area contributed by atoms with E-state index in [2.05, 4.69) is 0 Å². The Labute approximate surface area is 42.2 Å². The minimum atomic E-state index is -4.94. The third-order valence-corrected chi connectivity index (χ3v) is 0. The van der Waals surface area contributed by atoms with Gasteiger partial charge in [-0.15, -0.1) is 10.2 Å². The summed E-state index contributed by atoms with van der Waals surface area (Å²) in [7, 11) is -4.94. The summed E-state index contributed by atoms with van der Waals surface area (Å²) in [5, 5.41) is 0. The fourth-order valence-corrected chi connectivity index (χ4v) is 0. The lowest BCUT2D eigenvalue weighted by Crippen LogP contribution is -2.68. The van der Waals surface area contributed by atoms with Crippen LogP contribution in [0.25, 0.3) is 0 Å². The molecule has 0 saturated heterocycles. The summed E-state index contributed by atoms with van der Waals surface area (Å²) < 4.78 is 34.0. The SMILES string of the molecule is [ClH2+].[O-][Cl+3]([O-])([O-])[O-]. The van der Waals surface area contributed by atoms with Gasteiger partial charge in [0.2, 0.25) is 0 Å². The Morgan fingerprint density at radius 2 is 0.833 bits per heavy atom. The molecule has 6 heavy (non-hydrogen) atoms. The van der Waals surface area contributed by atoms with Gasteiger partial charge in [-0.1, -0.05) is 0 Å². The monoisotopic (exact) mass is 136 g/mol. The highest BCUT2D eigenvalue weighted by Crippen LogP contribution is 1.49. The molecule has 0 aromatic carbocycles. The van der Waals surface area contributed by atoms with E-state index >= 15 is 0 Å². The highest BCUT2D eigenvalue weighted by molar-refractivity contribution is 2.00. The normalized spacial score (nSPS) is 10.0. The molecule has 0 saturated carbocycles. The molecule has 0 atom stereocenters. The summed E-state index contributed by atoms with van der Waals surface area (Å²) >= 11 is 0. The van der Waals surface area contributed by atoms with Gasteiger partial charge in [-0.2, -0.15) is 0 Å². The predicted molar refractivity (Wildman–Crippen MR) is 2.79 cm³/mol. The van der Waals surface area contributed by atoms with Gasteiger partial charge in [-0.25, -0.2) is 18.6 Å². The van der Waals surface area contributed by atoms with Crippen LogP contribution in [0.15, 0.2) is 0 Å². The smallest absolute Gasteiger partial charge is 0.0903 e. The van der Waals surface area contributed by atoms with Gasteiger partial charge in [0.15, 0.2) is 0 Å². The minimum Gasteiger partial charge on any atom is -0.222 e. The van der Waals surface area contributed by atoms with Crippen molar-refractivity contribution >= 4 is 0 Å². The Morgan fingerprint density at radius 3 is 0.833 bits per heavy atom. The van der Waals surface area contributed by atoms with Gasteiger partial charge in [0.25, 0.3) is 0 Å². The van der Waals surface area contributed by atoms with Gasteiger partial charge in [0.1, 0.15) is 0 Å². The largest absolute Gasteiger partial charge is 0.222 e. The molecule has 0 bridgehead atoms. The van der Waals surface area contributed by atoms with Crippen molar-refractivity contribution in [1.29, 1.82) is 0 Å². The van der Waals surface area contributed by atoms with E-state index in [1.807, 2.05) is 0 Å². The molecule has 0 unspecified atom stereocenters. The number of hydrogen-bond donors (Lipinski definition) is 0. The van der Waals surface area contributed by atoms with Crippen LogP contribution in [0, 0.1) is 22.7 Å². The maximum atomic E-state index is 8.49. The summed E-state index contributed by atoms with van der Waals surface area (Å²) in [6, 6.07) is 0.